The van der Waals surface area contributed by atoms with Crippen LogP contribution in [-0.4, -0.2) is 38.8 Å². The summed E-state index contributed by atoms with van der Waals surface area (Å²) in [6.07, 6.45) is 2.74. The number of carbonyl (C=O) groups is 1. The molecule has 0 spiro atoms. The van der Waals surface area contributed by atoms with Gasteiger partial charge in [-0.05, 0) is 31.7 Å². The third kappa shape index (κ3) is 3.43. The van der Waals surface area contributed by atoms with Gasteiger partial charge in [0.2, 0.25) is 5.91 Å². The van der Waals surface area contributed by atoms with Gasteiger partial charge in [0.15, 0.2) is 0 Å². The van der Waals surface area contributed by atoms with Crippen molar-refractivity contribution in [1.29, 1.82) is 0 Å². The van der Waals surface area contributed by atoms with Crippen molar-refractivity contribution >= 4 is 5.91 Å². The van der Waals surface area contributed by atoms with Crippen LogP contribution in [0.25, 0.3) is 0 Å². The minimum atomic E-state index is 0.00857. The molecule has 0 aliphatic carbocycles. The molecular weight excluding hydrogens is 208 g/mol. The topological polar surface area (TPSA) is 59.6 Å². The fraction of sp³-hybridized carbons (Fsp3) is 0.909. The van der Waals surface area contributed by atoms with Gasteiger partial charge in [-0.2, -0.15) is 0 Å². The van der Waals surface area contributed by atoms with Crippen molar-refractivity contribution in [2.45, 2.75) is 19.3 Å². The van der Waals surface area contributed by atoms with Crippen LogP contribution in [0.15, 0.2) is 0 Å². The summed E-state index contributed by atoms with van der Waals surface area (Å²) >= 11 is 0. The van der Waals surface area contributed by atoms with Gasteiger partial charge in [0.1, 0.15) is 0 Å². The Bertz CT molecular complexity index is 223. The average molecular weight is 228 g/mol. The van der Waals surface area contributed by atoms with E-state index in [4.69, 9.17) is 9.57 Å². The maximum absolute atomic E-state index is 11.7. The number of hydrogen-bond acceptors (Lipinski definition) is 4. The Morgan fingerprint density at radius 1 is 1.38 bits per heavy atom. The molecule has 0 aromatic rings. The number of ether oxygens (including phenoxy) is 1. The van der Waals surface area contributed by atoms with Crippen LogP contribution in [0.1, 0.15) is 19.3 Å². The molecule has 0 aromatic carbocycles. The Morgan fingerprint density at radius 2 is 2.19 bits per heavy atom. The van der Waals surface area contributed by atoms with Crippen molar-refractivity contribution in [3.05, 3.63) is 0 Å². The fourth-order valence-electron chi connectivity index (χ4n) is 2.13. The minimum Gasteiger partial charge on any atom is -0.381 e. The summed E-state index contributed by atoms with van der Waals surface area (Å²) in [5.41, 5.74) is 2.56. The van der Waals surface area contributed by atoms with Gasteiger partial charge in [0, 0.05) is 25.7 Å². The molecule has 2 N–H and O–H groups in total. The summed E-state index contributed by atoms with van der Waals surface area (Å²) in [4.78, 5) is 16.9. The second-order valence-electron chi connectivity index (χ2n) is 4.52. The highest BCUT2D eigenvalue weighted by Gasteiger charge is 2.22. The average Bonchev–Trinajstić information content (AvgIpc) is 2.83. The SMILES string of the molecule is O=C(NOCC1CCNC1)C1CCOCC1. The third-order valence-corrected chi connectivity index (χ3v) is 3.25. The van der Waals surface area contributed by atoms with Crippen LogP contribution in [0.5, 0.6) is 0 Å². The first-order valence-corrected chi connectivity index (χ1v) is 6.06. The molecule has 92 valence electrons. The number of amides is 1. The zero-order valence-corrected chi connectivity index (χ0v) is 9.54. The Hall–Kier alpha value is -0.650. The van der Waals surface area contributed by atoms with Crippen molar-refractivity contribution in [1.82, 2.24) is 10.8 Å². The molecule has 0 saturated carbocycles. The van der Waals surface area contributed by atoms with E-state index < -0.39 is 0 Å². The molecule has 2 aliphatic heterocycles. The molecular formula is C11H20N2O3. The van der Waals surface area contributed by atoms with E-state index in [0.717, 1.165) is 32.4 Å². The van der Waals surface area contributed by atoms with Crippen molar-refractivity contribution in [3.63, 3.8) is 0 Å². The second-order valence-corrected chi connectivity index (χ2v) is 4.52. The lowest BCUT2D eigenvalue weighted by molar-refractivity contribution is -0.141. The summed E-state index contributed by atoms with van der Waals surface area (Å²) < 4.78 is 5.21. The first kappa shape index (κ1) is 11.8. The fourth-order valence-corrected chi connectivity index (χ4v) is 2.13. The number of nitrogens with one attached hydrogen (secondary N) is 2. The van der Waals surface area contributed by atoms with Crippen LogP contribution < -0.4 is 10.8 Å². The quantitative estimate of drug-likeness (QED) is 0.669. The molecule has 0 radical (unpaired) electrons. The number of rotatable bonds is 4. The van der Waals surface area contributed by atoms with Gasteiger partial charge in [0.25, 0.3) is 0 Å². The van der Waals surface area contributed by atoms with Gasteiger partial charge in [-0.15, -0.1) is 0 Å². The zero-order valence-electron chi connectivity index (χ0n) is 9.54. The highest BCUT2D eigenvalue weighted by molar-refractivity contribution is 5.77. The molecule has 0 bridgehead atoms. The van der Waals surface area contributed by atoms with Crippen molar-refractivity contribution < 1.29 is 14.4 Å². The molecule has 5 nitrogen and oxygen atoms in total. The van der Waals surface area contributed by atoms with E-state index in [0.29, 0.717) is 25.7 Å². The van der Waals surface area contributed by atoms with E-state index in [-0.39, 0.29) is 11.8 Å². The van der Waals surface area contributed by atoms with E-state index in [9.17, 15) is 4.79 Å². The van der Waals surface area contributed by atoms with Gasteiger partial charge < -0.3 is 10.1 Å². The Morgan fingerprint density at radius 3 is 2.88 bits per heavy atom. The van der Waals surface area contributed by atoms with Gasteiger partial charge in [-0.1, -0.05) is 0 Å². The van der Waals surface area contributed by atoms with Gasteiger partial charge >= 0.3 is 0 Å². The monoisotopic (exact) mass is 228 g/mol. The smallest absolute Gasteiger partial charge is 0.246 e. The lowest BCUT2D eigenvalue weighted by atomic mass is 10.00. The van der Waals surface area contributed by atoms with E-state index in [1.165, 1.54) is 0 Å². The van der Waals surface area contributed by atoms with Crippen molar-refractivity contribution in [2.75, 3.05) is 32.9 Å². The lowest BCUT2D eigenvalue weighted by Gasteiger charge is -2.21. The van der Waals surface area contributed by atoms with Crippen LogP contribution >= 0.6 is 0 Å². The standard InChI is InChI=1S/C11H20N2O3/c14-11(10-2-5-15-6-3-10)13-16-8-9-1-4-12-7-9/h9-10,12H,1-8H2,(H,13,14). The van der Waals surface area contributed by atoms with E-state index in [2.05, 4.69) is 10.8 Å². The molecule has 2 saturated heterocycles. The van der Waals surface area contributed by atoms with Crippen molar-refractivity contribution in [3.8, 4) is 0 Å². The molecule has 2 fully saturated rings. The summed E-state index contributed by atoms with van der Waals surface area (Å²) in [6, 6.07) is 0. The minimum absolute atomic E-state index is 0.00857. The number of hydrogen-bond donors (Lipinski definition) is 2. The predicted octanol–water partition coefficient (Wildman–Crippen LogP) is 0.0703. The zero-order chi connectivity index (χ0) is 11.2. The third-order valence-electron chi connectivity index (χ3n) is 3.25. The maximum Gasteiger partial charge on any atom is 0.246 e. The van der Waals surface area contributed by atoms with Gasteiger partial charge in [0.05, 0.1) is 6.61 Å². The molecule has 1 unspecified atom stereocenters. The highest BCUT2D eigenvalue weighted by atomic mass is 16.7. The molecule has 0 aromatic heterocycles. The van der Waals surface area contributed by atoms with E-state index >= 15 is 0 Å². The van der Waals surface area contributed by atoms with Gasteiger partial charge in [-0.25, -0.2) is 5.48 Å². The molecule has 1 atom stereocenters. The first-order chi connectivity index (χ1) is 7.86. The normalized spacial score (nSPS) is 26.9. The number of hydroxylamine groups is 1. The summed E-state index contributed by atoms with van der Waals surface area (Å²) in [7, 11) is 0. The van der Waals surface area contributed by atoms with Gasteiger partial charge in [-0.3, -0.25) is 9.63 Å². The first-order valence-electron chi connectivity index (χ1n) is 6.06. The van der Waals surface area contributed by atoms with Crippen LogP contribution in [-0.2, 0) is 14.4 Å². The molecule has 16 heavy (non-hydrogen) atoms. The van der Waals surface area contributed by atoms with Crippen LogP contribution in [0.4, 0.5) is 0 Å². The summed E-state index contributed by atoms with van der Waals surface area (Å²) in [5.74, 6) is 0.611. The molecule has 2 rings (SSSR count). The predicted molar refractivity (Wildman–Crippen MR) is 58.6 cm³/mol. The Balaban J connectivity index is 1.59. The highest BCUT2D eigenvalue weighted by Crippen LogP contribution is 2.14. The van der Waals surface area contributed by atoms with Crippen LogP contribution in [0.3, 0.4) is 0 Å². The molecule has 2 heterocycles. The molecule has 2 aliphatic rings. The molecule has 1 amide bonds. The summed E-state index contributed by atoms with van der Waals surface area (Å²) in [6.45, 7) is 4.03. The molecule has 5 heteroatoms. The lowest BCUT2D eigenvalue weighted by Crippen LogP contribution is -2.35. The summed E-state index contributed by atoms with van der Waals surface area (Å²) in [5, 5.41) is 3.26. The van der Waals surface area contributed by atoms with E-state index in [1.54, 1.807) is 0 Å². The van der Waals surface area contributed by atoms with Crippen molar-refractivity contribution in [2.24, 2.45) is 11.8 Å². The largest absolute Gasteiger partial charge is 0.381 e. The Labute approximate surface area is 95.8 Å². The van der Waals surface area contributed by atoms with Crippen LogP contribution in [0.2, 0.25) is 0 Å². The second kappa shape index (κ2) is 6.18. The van der Waals surface area contributed by atoms with E-state index in [1.807, 2.05) is 0 Å². The Kier molecular flexibility index (Phi) is 4.56. The number of carbonyl (C=O) groups excluding carboxylic acids is 1. The maximum atomic E-state index is 11.7. The van der Waals surface area contributed by atoms with Crippen LogP contribution in [0, 0.1) is 11.8 Å².